The Morgan fingerprint density at radius 1 is 0.829 bits per heavy atom. The van der Waals surface area contributed by atoms with Gasteiger partial charge in [-0.3, -0.25) is 19.3 Å². The highest BCUT2D eigenvalue weighted by atomic mass is 28.4. The van der Waals surface area contributed by atoms with E-state index in [-0.39, 0.29) is 12.8 Å². The molecule has 10 heteroatoms. The molecule has 0 saturated carbocycles. The van der Waals surface area contributed by atoms with Gasteiger partial charge in [0.25, 0.3) is 0 Å². The molecule has 1 N–H and O–H groups in total. The van der Waals surface area contributed by atoms with Crippen molar-refractivity contribution < 1.29 is 28.3 Å². The Morgan fingerprint density at radius 2 is 1.32 bits per heavy atom. The number of ether oxygens (including phenoxy) is 1. The van der Waals surface area contributed by atoms with Crippen molar-refractivity contribution >= 4 is 32.2 Å². The molecule has 0 spiro atoms. The van der Waals surface area contributed by atoms with Crippen LogP contribution in [-0.4, -0.2) is 79.8 Å². The van der Waals surface area contributed by atoms with Gasteiger partial charge in [-0.05, 0) is 58.5 Å². The maximum absolute atomic E-state index is 13.8. The van der Waals surface area contributed by atoms with Crippen LogP contribution in [0, 0.1) is 0 Å². The van der Waals surface area contributed by atoms with Crippen LogP contribution in [0.5, 0.6) is 0 Å². The number of carbonyl (C=O) groups excluding carboxylic acids is 4. The van der Waals surface area contributed by atoms with E-state index >= 15 is 0 Å². The lowest BCUT2D eigenvalue weighted by molar-refractivity contribution is -0.144. The molecule has 0 aromatic heterocycles. The van der Waals surface area contributed by atoms with E-state index in [1.807, 2.05) is 80.3 Å². The summed E-state index contributed by atoms with van der Waals surface area (Å²) in [5, 5.41) is 2.80. The molecule has 0 heterocycles. The summed E-state index contributed by atoms with van der Waals surface area (Å²) in [6.07, 6.45) is -0.166. The van der Waals surface area contributed by atoms with E-state index in [1.165, 1.54) is 23.9 Å². The molecule has 0 fully saturated rings. The molecule has 41 heavy (non-hydrogen) atoms. The van der Waals surface area contributed by atoms with Gasteiger partial charge in [-0.25, -0.2) is 4.79 Å². The van der Waals surface area contributed by atoms with Crippen molar-refractivity contribution in [1.82, 2.24) is 15.1 Å². The second kappa shape index (κ2) is 14.3. The third-order valence-corrected chi connectivity index (χ3v) is 7.12. The van der Waals surface area contributed by atoms with Crippen LogP contribution >= 0.6 is 0 Å². The number of hydrogen-bond donors (Lipinski definition) is 1. The third kappa shape index (κ3) is 11.0. The Hall–Kier alpha value is -3.66. The standard InChI is InChI=1S/C31H45N3O6Si/c1-22(27(35)32-25(29(37)40-41(7,8)9)20-23-16-12-10-13-17-23)33(5)28(36)26(21-24-18-14-11-15-19-24)34(6)30(38)39-31(2,3)4/h10-19,22,25-26H,20-21H2,1-9H3,(H,32,35)/t22-,25-,26-/m0/s1. The Morgan fingerprint density at radius 3 is 1.78 bits per heavy atom. The van der Waals surface area contributed by atoms with Gasteiger partial charge < -0.3 is 19.4 Å². The van der Waals surface area contributed by atoms with E-state index in [9.17, 15) is 19.2 Å². The van der Waals surface area contributed by atoms with Gasteiger partial charge in [-0.1, -0.05) is 60.7 Å². The Bertz CT molecular complexity index is 1180. The molecule has 2 aromatic rings. The zero-order valence-corrected chi connectivity index (χ0v) is 26.8. The molecule has 3 atom stereocenters. The summed E-state index contributed by atoms with van der Waals surface area (Å²) < 4.78 is 11.2. The highest BCUT2D eigenvalue weighted by molar-refractivity contribution is 6.71. The second-order valence-electron chi connectivity index (χ2n) is 12.2. The lowest BCUT2D eigenvalue weighted by Crippen LogP contribution is -2.57. The Balaban J connectivity index is 2.27. The van der Waals surface area contributed by atoms with Gasteiger partial charge in [0.15, 0.2) is 0 Å². The van der Waals surface area contributed by atoms with E-state index in [4.69, 9.17) is 9.16 Å². The largest absolute Gasteiger partial charge is 0.518 e. The zero-order valence-electron chi connectivity index (χ0n) is 25.8. The summed E-state index contributed by atoms with van der Waals surface area (Å²) in [4.78, 5) is 55.8. The fourth-order valence-corrected chi connectivity index (χ4v) is 4.74. The van der Waals surface area contributed by atoms with Crippen molar-refractivity contribution in [3.63, 3.8) is 0 Å². The summed E-state index contributed by atoms with van der Waals surface area (Å²) in [5.74, 6) is -1.45. The number of nitrogens with one attached hydrogen (secondary N) is 1. The second-order valence-corrected chi connectivity index (χ2v) is 16.6. The number of likely N-dealkylation sites (N-methyl/N-ethyl adjacent to an activating group) is 2. The number of nitrogens with zero attached hydrogens (tertiary/aromatic N) is 2. The molecular weight excluding hydrogens is 538 g/mol. The smallest absolute Gasteiger partial charge is 0.410 e. The zero-order chi connectivity index (χ0) is 31.0. The average Bonchev–Trinajstić information content (AvgIpc) is 2.89. The third-order valence-electron chi connectivity index (χ3n) is 6.30. The van der Waals surface area contributed by atoms with Crippen LogP contribution in [0.2, 0.25) is 19.6 Å². The first-order valence-electron chi connectivity index (χ1n) is 13.8. The van der Waals surface area contributed by atoms with Gasteiger partial charge in [0.1, 0.15) is 23.7 Å². The van der Waals surface area contributed by atoms with Crippen LogP contribution in [0.3, 0.4) is 0 Å². The number of rotatable bonds is 11. The number of amides is 3. The van der Waals surface area contributed by atoms with Crippen molar-refractivity contribution in [3.8, 4) is 0 Å². The van der Waals surface area contributed by atoms with Crippen LogP contribution in [0.15, 0.2) is 60.7 Å². The van der Waals surface area contributed by atoms with Crippen molar-refractivity contribution in [1.29, 1.82) is 0 Å². The number of carbonyl (C=O) groups is 4. The minimum absolute atomic E-state index is 0.229. The lowest BCUT2D eigenvalue weighted by atomic mass is 10.0. The quantitative estimate of drug-likeness (QED) is 0.393. The molecule has 2 aromatic carbocycles. The van der Waals surface area contributed by atoms with Crippen molar-refractivity contribution in [2.24, 2.45) is 0 Å². The van der Waals surface area contributed by atoms with Gasteiger partial charge in [0, 0.05) is 26.9 Å². The fraction of sp³-hybridized carbons (Fsp3) is 0.484. The van der Waals surface area contributed by atoms with E-state index in [1.54, 1.807) is 27.7 Å². The highest BCUT2D eigenvalue weighted by Gasteiger charge is 2.36. The van der Waals surface area contributed by atoms with Gasteiger partial charge in [0.2, 0.25) is 20.1 Å². The van der Waals surface area contributed by atoms with E-state index < -0.39 is 55.9 Å². The van der Waals surface area contributed by atoms with Gasteiger partial charge in [0.05, 0.1) is 0 Å². The predicted molar refractivity (Wildman–Crippen MR) is 162 cm³/mol. The monoisotopic (exact) mass is 583 g/mol. The molecule has 0 unspecified atom stereocenters. The van der Waals surface area contributed by atoms with Crippen LogP contribution in [0.25, 0.3) is 0 Å². The predicted octanol–water partition coefficient (Wildman–Crippen LogP) is 4.42. The van der Waals surface area contributed by atoms with Crippen LogP contribution in [0.4, 0.5) is 4.79 Å². The molecule has 0 aliphatic carbocycles. The van der Waals surface area contributed by atoms with Crippen LogP contribution in [0.1, 0.15) is 38.8 Å². The molecular formula is C31H45N3O6Si. The first-order chi connectivity index (χ1) is 19.0. The summed E-state index contributed by atoms with van der Waals surface area (Å²) >= 11 is 0. The normalized spacial score (nSPS) is 13.8. The fourth-order valence-electron chi connectivity index (χ4n) is 4.00. The first-order valence-corrected chi connectivity index (χ1v) is 17.2. The van der Waals surface area contributed by atoms with Gasteiger partial charge in [-0.2, -0.15) is 0 Å². The van der Waals surface area contributed by atoms with Gasteiger partial charge >= 0.3 is 12.1 Å². The van der Waals surface area contributed by atoms with Crippen LogP contribution < -0.4 is 5.32 Å². The topological polar surface area (TPSA) is 105 Å². The SMILES string of the molecule is C[C@@H](C(=O)N[C@@H](Cc1ccccc1)C(=O)O[Si](C)(C)C)N(C)C(=O)[C@H](Cc1ccccc1)N(C)C(=O)OC(C)(C)C. The molecule has 224 valence electrons. The molecule has 0 radical (unpaired) electrons. The van der Waals surface area contributed by atoms with Crippen molar-refractivity contribution in [2.75, 3.05) is 14.1 Å². The molecule has 2 rings (SSSR count). The minimum Gasteiger partial charge on any atom is -0.518 e. The molecule has 0 aliphatic rings. The molecule has 0 saturated heterocycles. The Labute approximate surface area is 245 Å². The summed E-state index contributed by atoms with van der Waals surface area (Å²) in [6.45, 7) is 12.5. The van der Waals surface area contributed by atoms with Crippen molar-refractivity contribution in [2.45, 2.75) is 83.9 Å². The van der Waals surface area contributed by atoms with Crippen molar-refractivity contribution in [3.05, 3.63) is 71.8 Å². The maximum atomic E-state index is 13.8. The summed E-state index contributed by atoms with van der Waals surface area (Å²) in [5.41, 5.74) is 0.969. The van der Waals surface area contributed by atoms with Gasteiger partial charge in [-0.15, -0.1) is 0 Å². The first kappa shape index (κ1) is 33.5. The molecule has 0 bridgehead atoms. The minimum atomic E-state index is -2.23. The number of hydrogen-bond acceptors (Lipinski definition) is 6. The van der Waals surface area contributed by atoms with E-state index in [2.05, 4.69) is 5.32 Å². The van der Waals surface area contributed by atoms with E-state index in [0.717, 1.165) is 11.1 Å². The van der Waals surface area contributed by atoms with Crippen LogP contribution in [-0.2, 0) is 36.4 Å². The van der Waals surface area contributed by atoms with E-state index in [0.29, 0.717) is 0 Å². The molecule has 3 amide bonds. The number of benzene rings is 2. The Kier molecular flexibility index (Phi) is 11.7. The summed E-state index contributed by atoms with van der Waals surface area (Å²) in [6, 6.07) is 15.9. The summed E-state index contributed by atoms with van der Waals surface area (Å²) in [7, 11) is 0.803. The molecule has 9 nitrogen and oxygen atoms in total. The highest BCUT2D eigenvalue weighted by Crippen LogP contribution is 2.17. The average molecular weight is 584 g/mol. The molecule has 0 aliphatic heterocycles. The lowest BCUT2D eigenvalue weighted by Gasteiger charge is -2.34. The maximum Gasteiger partial charge on any atom is 0.410 e.